The van der Waals surface area contributed by atoms with Gasteiger partial charge in [-0.05, 0) is 24.6 Å². The molecule has 0 saturated carbocycles. The number of hydrogen-bond acceptors (Lipinski definition) is 3. The molecule has 0 aliphatic carbocycles. The number of carbonyl (C=O) groups excluding carboxylic acids is 1. The SMILES string of the molecule is Cc1cc(C#N)c(C(=O)CCl)cc1O. The van der Waals surface area contributed by atoms with Gasteiger partial charge in [-0.15, -0.1) is 11.6 Å². The number of carbonyl (C=O) groups is 1. The van der Waals surface area contributed by atoms with Gasteiger partial charge < -0.3 is 5.11 Å². The average molecular weight is 210 g/mol. The first kappa shape index (κ1) is 10.6. The van der Waals surface area contributed by atoms with E-state index in [0.29, 0.717) is 5.56 Å². The predicted molar refractivity (Wildman–Crippen MR) is 52.6 cm³/mol. The molecule has 1 N–H and O–H groups in total. The van der Waals surface area contributed by atoms with Gasteiger partial charge in [-0.3, -0.25) is 4.79 Å². The monoisotopic (exact) mass is 209 g/mol. The molecule has 0 bridgehead atoms. The summed E-state index contributed by atoms with van der Waals surface area (Å²) in [6.45, 7) is 1.66. The van der Waals surface area contributed by atoms with Gasteiger partial charge in [-0.2, -0.15) is 5.26 Å². The van der Waals surface area contributed by atoms with Crippen molar-refractivity contribution in [1.29, 1.82) is 5.26 Å². The molecule has 0 aliphatic heterocycles. The summed E-state index contributed by atoms with van der Waals surface area (Å²) < 4.78 is 0. The number of halogens is 1. The number of alkyl halides is 1. The molecule has 1 aromatic carbocycles. The molecule has 0 unspecified atom stereocenters. The summed E-state index contributed by atoms with van der Waals surface area (Å²) in [5, 5.41) is 18.1. The molecule has 3 nitrogen and oxygen atoms in total. The first-order valence-electron chi connectivity index (χ1n) is 3.93. The number of phenolic OH excluding ortho intramolecular Hbond substituents is 1. The van der Waals surface area contributed by atoms with Crippen LogP contribution in [0.25, 0.3) is 0 Å². The highest BCUT2D eigenvalue weighted by molar-refractivity contribution is 6.30. The van der Waals surface area contributed by atoms with Crippen molar-refractivity contribution in [3.63, 3.8) is 0 Å². The van der Waals surface area contributed by atoms with E-state index in [1.165, 1.54) is 12.1 Å². The Morgan fingerprint density at radius 3 is 2.79 bits per heavy atom. The van der Waals surface area contributed by atoms with E-state index >= 15 is 0 Å². The van der Waals surface area contributed by atoms with Crippen molar-refractivity contribution in [1.82, 2.24) is 0 Å². The molecule has 0 spiro atoms. The van der Waals surface area contributed by atoms with Crippen LogP contribution in [0.5, 0.6) is 5.75 Å². The first-order valence-corrected chi connectivity index (χ1v) is 4.46. The van der Waals surface area contributed by atoms with E-state index in [9.17, 15) is 9.90 Å². The van der Waals surface area contributed by atoms with Crippen LogP contribution in [0, 0.1) is 18.3 Å². The van der Waals surface area contributed by atoms with Gasteiger partial charge in [0, 0.05) is 5.56 Å². The van der Waals surface area contributed by atoms with Crippen LogP contribution >= 0.6 is 11.6 Å². The second-order valence-electron chi connectivity index (χ2n) is 2.85. The van der Waals surface area contributed by atoms with Crippen LogP contribution in [0.15, 0.2) is 12.1 Å². The zero-order valence-corrected chi connectivity index (χ0v) is 8.30. The molecule has 14 heavy (non-hydrogen) atoms. The molecular weight excluding hydrogens is 202 g/mol. The van der Waals surface area contributed by atoms with Crippen molar-refractivity contribution in [3.05, 3.63) is 28.8 Å². The van der Waals surface area contributed by atoms with Crippen molar-refractivity contribution in [2.75, 3.05) is 5.88 Å². The second kappa shape index (κ2) is 4.12. The van der Waals surface area contributed by atoms with E-state index < -0.39 is 0 Å². The third-order valence-electron chi connectivity index (χ3n) is 1.88. The Labute approximate surface area is 86.5 Å². The number of hydrogen-bond donors (Lipinski definition) is 1. The van der Waals surface area contributed by atoms with Gasteiger partial charge in [0.05, 0.1) is 17.5 Å². The molecule has 1 rings (SSSR count). The van der Waals surface area contributed by atoms with Crippen LogP contribution in [0.3, 0.4) is 0 Å². The highest BCUT2D eigenvalue weighted by Crippen LogP contribution is 2.22. The summed E-state index contributed by atoms with van der Waals surface area (Å²) in [6.07, 6.45) is 0. The zero-order chi connectivity index (χ0) is 10.7. The molecule has 0 aromatic heterocycles. The Bertz CT molecular complexity index is 421. The highest BCUT2D eigenvalue weighted by Gasteiger charge is 2.12. The van der Waals surface area contributed by atoms with Crippen molar-refractivity contribution in [3.8, 4) is 11.8 Å². The number of aryl methyl sites for hydroxylation is 1. The van der Waals surface area contributed by atoms with Crippen LogP contribution in [0.2, 0.25) is 0 Å². The fraction of sp³-hybridized carbons (Fsp3) is 0.200. The van der Waals surface area contributed by atoms with E-state index in [0.717, 1.165) is 0 Å². The summed E-state index contributed by atoms with van der Waals surface area (Å²) in [5.74, 6) is -0.562. The van der Waals surface area contributed by atoms with E-state index in [1.54, 1.807) is 6.92 Å². The number of phenols is 1. The second-order valence-corrected chi connectivity index (χ2v) is 3.12. The lowest BCUT2D eigenvalue weighted by Crippen LogP contribution is -2.03. The lowest BCUT2D eigenvalue weighted by molar-refractivity contribution is 0.102. The number of nitrogens with zero attached hydrogens (tertiary/aromatic N) is 1. The van der Waals surface area contributed by atoms with Crippen LogP contribution in [-0.4, -0.2) is 16.8 Å². The molecule has 72 valence electrons. The third-order valence-corrected chi connectivity index (χ3v) is 2.12. The molecule has 0 fully saturated rings. The van der Waals surface area contributed by atoms with Gasteiger partial charge in [0.2, 0.25) is 0 Å². The lowest BCUT2D eigenvalue weighted by atomic mass is 10.0. The molecule has 1 aromatic rings. The molecule has 0 aliphatic rings. The number of benzene rings is 1. The van der Waals surface area contributed by atoms with Gasteiger partial charge in [0.1, 0.15) is 5.75 Å². The van der Waals surface area contributed by atoms with Gasteiger partial charge in [-0.1, -0.05) is 0 Å². The number of nitriles is 1. The quantitative estimate of drug-likeness (QED) is 0.599. The largest absolute Gasteiger partial charge is 0.508 e. The van der Waals surface area contributed by atoms with Crippen molar-refractivity contribution in [2.24, 2.45) is 0 Å². The summed E-state index contributed by atoms with van der Waals surface area (Å²) in [4.78, 5) is 11.3. The number of aromatic hydroxyl groups is 1. The van der Waals surface area contributed by atoms with Crippen molar-refractivity contribution < 1.29 is 9.90 Å². The first-order chi connectivity index (χ1) is 6.60. The maximum Gasteiger partial charge on any atom is 0.179 e. The van der Waals surface area contributed by atoms with E-state index in [1.807, 2.05) is 6.07 Å². The average Bonchev–Trinajstić information content (AvgIpc) is 2.20. The molecule has 0 saturated heterocycles. The summed E-state index contributed by atoms with van der Waals surface area (Å²) in [5.41, 5.74) is 0.976. The molecule has 0 atom stereocenters. The Kier molecular flexibility index (Phi) is 3.10. The van der Waals surface area contributed by atoms with Crippen molar-refractivity contribution in [2.45, 2.75) is 6.92 Å². The smallest absolute Gasteiger partial charge is 0.179 e. The highest BCUT2D eigenvalue weighted by atomic mass is 35.5. The Morgan fingerprint density at radius 2 is 2.29 bits per heavy atom. The van der Waals surface area contributed by atoms with Crippen LogP contribution in [0.4, 0.5) is 0 Å². The van der Waals surface area contributed by atoms with Crippen LogP contribution in [0.1, 0.15) is 21.5 Å². The molecule has 0 heterocycles. The zero-order valence-electron chi connectivity index (χ0n) is 7.54. The van der Waals surface area contributed by atoms with Gasteiger partial charge in [0.15, 0.2) is 5.78 Å². The minimum absolute atomic E-state index is 0.00235. The summed E-state index contributed by atoms with van der Waals surface area (Å²) >= 11 is 5.37. The Hall–Kier alpha value is -1.53. The lowest BCUT2D eigenvalue weighted by Gasteiger charge is -2.04. The summed E-state index contributed by atoms with van der Waals surface area (Å²) in [6, 6.07) is 4.63. The maximum atomic E-state index is 11.3. The number of rotatable bonds is 2. The van der Waals surface area contributed by atoms with Gasteiger partial charge in [0.25, 0.3) is 0 Å². The summed E-state index contributed by atoms with van der Waals surface area (Å²) in [7, 11) is 0. The third kappa shape index (κ3) is 1.86. The standard InChI is InChI=1S/C10H8ClNO2/c1-6-2-7(5-12)8(3-9(6)13)10(14)4-11/h2-3,13H,4H2,1H3. The number of ketones is 1. The van der Waals surface area contributed by atoms with Gasteiger partial charge >= 0.3 is 0 Å². The minimum Gasteiger partial charge on any atom is -0.508 e. The predicted octanol–water partition coefficient (Wildman–Crippen LogP) is 1.99. The molecule has 0 radical (unpaired) electrons. The van der Waals surface area contributed by atoms with E-state index in [-0.39, 0.29) is 28.5 Å². The topological polar surface area (TPSA) is 61.1 Å². The Morgan fingerprint density at radius 1 is 1.64 bits per heavy atom. The van der Waals surface area contributed by atoms with E-state index in [4.69, 9.17) is 16.9 Å². The van der Waals surface area contributed by atoms with E-state index in [2.05, 4.69) is 0 Å². The Balaban J connectivity index is 3.36. The van der Waals surface area contributed by atoms with Gasteiger partial charge in [-0.25, -0.2) is 0 Å². The fourth-order valence-electron chi connectivity index (χ4n) is 1.09. The normalized spacial score (nSPS) is 9.50. The fourth-order valence-corrected chi connectivity index (χ4v) is 1.24. The van der Waals surface area contributed by atoms with Crippen LogP contribution in [-0.2, 0) is 0 Å². The number of Topliss-reactive ketones (excluding diaryl/α,β-unsaturated/α-hetero) is 1. The maximum absolute atomic E-state index is 11.3. The van der Waals surface area contributed by atoms with Crippen LogP contribution < -0.4 is 0 Å². The molecule has 4 heteroatoms. The van der Waals surface area contributed by atoms with Crippen molar-refractivity contribution >= 4 is 17.4 Å². The molecular formula is C10H8ClNO2. The molecule has 0 amide bonds. The minimum atomic E-state index is -0.362.